The first-order valence-electron chi connectivity index (χ1n) is 6.68. The fraction of sp³-hybridized carbons (Fsp3) is 1.00. The van der Waals surface area contributed by atoms with Gasteiger partial charge in [-0.3, -0.25) is 0 Å². The van der Waals surface area contributed by atoms with E-state index in [1.165, 1.54) is 19.3 Å². The molecule has 92 valence electrons. The maximum atomic E-state index is 6.31. The molecule has 3 aliphatic rings. The Labute approximate surface area is 97.4 Å². The Kier molecular flexibility index (Phi) is 2.73. The highest BCUT2D eigenvalue weighted by Crippen LogP contribution is 2.47. The van der Waals surface area contributed by atoms with Gasteiger partial charge in [0.15, 0.2) is 5.79 Å². The van der Waals surface area contributed by atoms with Gasteiger partial charge in [-0.1, -0.05) is 0 Å². The van der Waals surface area contributed by atoms with E-state index in [2.05, 4.69) is 6.92 Å². The molecule has 0 aromatic carbocycles. The van der Waals surface area contributed by atoms with Crippen LogP contribution in [0.4, 0.5) is 0 Å². The molecule has 3 heteroatoms. The van der Waals surface area contributed by atoms with Crippen LogP contribution in [0.3, 0.4) is 0 Å². The maximum absolute atomic E-state index is 6.31. The van der Waals surface area contributed by atoms with E-state index >= 15 is 0 Å². The zero-order valence-electron chi connectivity index (χ0n) is 10.2. The maximum Gasteiger partial charge on any atom is 0.169 e. The van der Waals surface area contributed by atoms with Crippen molar-refractivity contribution in [2.75, 3.05) is 13.2 Å². The van der Waals surface area contributed by atoms with Crippen LogP contribution in [-0.4, -0.2) is 30.7 Å². The Morgan fingerprint density at radius 1 is 1.00 bits per heavy atom. The molecule has 0 unspecified atom stereocenters. The van der Waals surface area contributed by atoms with Crippen LogP contribution < -0.4 is 0 Å². The molecule has 0 aliphatic carbocycles. The van der Waals surface area contributed by atoms with Gasteiger partial charge in [0.25, 0.3) is 0 Å². The quantitative estimate of drug-likeness (QED) is 0.688. The molecule has 16 heavy (non-hydrogen) atoms. The molecule has 0 radical (unpaired) electrons. The van der Waals surface area contributed by atoms with E-state index in [1.54, 1.807) is 0 Å². The summed E-state index contributed by atoms with van der Waals surface area (Å²) in [5, 5.41) is 0. The lowest BCUT2D eigenvalue weighted by atomic mass is 9.92. The molecule has 3 rings (SSSR count). The molecular formula is C13H22O3. The minimum atomic E-state index is -0.265. The van der Waals surface area contributed by atoms with Crippen molar-refractivity contribution in [1.29, 1.82) is 0 Å². The third-order valence-electron chi connectivity index (χ3n) is 4.35. The summed E-state index contributed by atoms with van der Waals surface area (Å²) in [6.07, 6.45) is 8.22. The van der Waals surface area contributed by atoms with Gasteiger partial charge in [-0.2, -0.15) is 0 Å². The van der Waals surface area contributed by atoms with Gasteiger partial charge in [0.05, 0.1) is 18.3 Å². The van der Waals surface area contributed by atoms with Crippen LogP contribution >= 0.6 is 0 Å². The fourth-order valence-electron chi connectivity index (χ4n) is 3.36. The predicted molar refractivity (Wildman–Crippen MR) is 60.2 cm³/mol. The topological polar surface area (TPSA) is 27.7 Å². The van der Waals surface area contributed by atoms with Gasteiger partial charge in [-0.15, -0.1) is 0 Å². The summed E-state index contributed by atoms with van der Waals surface area (Å²) >= 11 is 0. The van der Waals surface area contributed by atoms with Gasteiger partial charge in [0.1, 0.15) is 0 Å². The van der Waals surface area contributed by atoms with Crippen molar-refractivity contribution in [2.24, 2.45) is 0 Å². The van der Waals surface area contributed by atoms with E-state index in [-0.39, 0.29) is 17.5 Å². The monoisotopic (exact) mass is 226 g/mol. The molecule has 1 spiro atoms. The lowest BCUT2D eigenvalue weighted by Crippen LogP contribution is -2.44. The average Bonchev–Trinajstić information content (AvgIpc) is 2.90. The molecule has 3 heterocycles. The molecule has 3 aliphatic heterocycles. The van der Waals surface area contributed by atoms with Crippen molar-refractivity contribution in [3.8, 4) is 0 Å². The van der Waals surface area contributed by atoms with E-state index in [1.807, 2.05) is 0 Å². The van der Waals surface area contributed by atoms with Gasteiger partial charge in [-0.25, -0.2) is 0 Å². The molecule has 0 bridgehead atoms. The first-order valence-corrected chi connectivity index (χ1v) is 6.68. The number of hydrogen-bond acceptors (Lipinski definition) is 3. The molecule has 3 nitrogen and oxygen atoms in total. The normalized spacial score (nSPS) is 48.9. The lowest BCUT2D eigenvalue weighted by molar-refractivity contribution is -0.278. The van der Waals surface area contributed by atoms with E-state index in [9.17, 15) is 0 Å². The van der Waals surface area contributed by atoms with Crippen molar-refractivity contribution in [1.82, 2.24) is 0 Å². The van der Waals surface area contributed by atoms with Crippen molar-refractivity contribution >= 4 is 0 Å². The number of rotatable bonds is 1. The Balaban J connectivity index is 1.70. The van der Waals surface area contributed by atoms with E-state index in [0.717, 1.165) is 38.9 Å². The summed E-state index contributed by atoms with van der Waals surface area (Å²) in [6.45, 7) is 3.97. The molecular weight excluding hydrogens is 204 g/mol. The smallest absolute Gasteiger partial charge is 0.169 e. The third-order valence-corrected chi connectivity index (χ3v) is 4.35. The number of ether oxygens (including phenoxy) is 3. The summed E-state index contributed by atoms with van der Waals surface area (Å²) in [4.78, 5) is 0. The second-order valence-electron chi connectivity index (χ2n) is 5.63. The summed E-state index contributed by atoms with van der Waals surface area (Å²) in [5.74, 6) is -0.265. The standard InChI is InChI=1S/C13H22O3/c1-12(11-5-4-9-14-11)7-8-13(16-12)6-2-3-10-15-13/h11H,2-10H2,1H3/t11-,12-,13+/m1/s1. The lowest BCUT2D eigenvalue weighted by Gasteiger charge is -2.37. The second kappa shape index (κ2) is 3.97. The van der Waals surface area contributed by atoms with Crippen LogP contribution in [0.5, 0.6) is 0 Å². The largest absolute Gasteiger partial charge is 0.375 e. The Hall–Kier alpha value is -0.120. The van der Waals surface area contributed by atoms with E-state index in [0.29, 0.717) is 0 Å². The van der Waals surface area contributed by atoms with Crippen LogP contribution in [0.15, 0.2) is 0 Å². The molecule has 0 saturated carbocycles. The molecule has 0 N–H and O–H groups in total. The van der Waals surface area contributed by atoms with Crippen LogP contribution in [0.2, 0.25) is 0 Å². The van der Waals surface area contributed by atoms with Crippen molar-refractivity contribution in [2.45, 2.75) is 69.4 Å². The zero-order chi connectivity index (χ0) is 11.1. The van der Waals surface area contributed by atoms with Crippen molar-refractivity contribution in [3.63, 3.8) is 0 Å². The van der Waals surface area contributed by atoms with Crippen molar-refractivity contribution < 1.29 is 14.2 Å². The molecule has 0 aromatic heterocycles. The first-order chi connectivity index (χ1) is 7.73. The minimum Gasteiger partial charge on any atom is -0.375 e. The van der Waals surface area contributed by atoms with Gasteiger partial charge in [0, 0.05) is 19.4 Å². The van der Waals surface area contributed by atoms with Crippen LogP contribution in [0, 0.1) is 0 Å². The van der Waals surface area contributed by atoms with Crippen LogP contribution in [-0.2, 0) is 14.2 Å². The molecule has 0 amide bonds. The fourth-order valence-corrected chi connectivity index (χ4v) is 3.36. The van der Waals surface area contributed by atoms with Gasteiger partial charge < -0.3 is 14.2 Å². The highest BCUT2D eigenvalue weighted by Gasteiger charge is 2.52. The van der Waals surface area contributed by atoms with E-state index < -0.39 is 0 Å². The zero-order valence-corrected chi connectivity index (χ0v) is 10.2. The molecule has 3 atom stereocenters. The van der Waals surface area contributed by atoms with Crippen LogP contribution in [0.25, 0.3) is 0 Å². The number of hydrogen-bond donors (Lipinski definition) is 0. The third kappa shape index (κ3) is 1.79. The average molecular weight is 226 g/mol. The Bertz CT molecular complexity index is 254. The Morgan fingerprint density at radius 2 is 1.94 bits per heavy atom. The molecule has 3 saturated heterocycles. The van der Waals surface area contributed by atoms with Crippen LogP contribution in [0.1, 0.15) is 51.9 Å². The molecule has 0 aromatic rings. The first kappa shape index (κ1) is 11.0. The highest BCUT2D eigenvalue weighted by atomic mass is 16.7. The Morgan fingerprint density at radius 3 is 2.62 bits per heavy atom. The minimum absolute atomic E-state index is 0.103. The van der Waals surface area contributed by atoms with Gasteiger partial charge >= 0.3 is 0 Å². The predicted octanol–water partition coefficient (Wildman–Crippen LogP) is 2.63. The van der Waals surface area contributed by atoms with Gasteiger partial charge in [-0.05, 0) is 39.0 Å². The second-order valence-corrected chi connectivity index (χ2v) is 5.63. The van der Waals surface area contributed by atoms with E-state index in [4.69, 9.17) is 14.2 Å². The summed E-state index contributed by atoms with van der Waals surface area (Å²) in [5.41, 5.74) is -0.103. The summed E-state index contributed by atoms with van der Waals surface area (Å²) in [7, 11) is 0. The summed E-state index contributed by atoms with van der Waals surface area (Å²) in [6, 6.07) is 0. The SMILES string of the molecule is C[C@]1([C@H]2CCCO2)CC[C@]2(CCCCO2)O1. The van der Waals surface area contributed by atoms with Gasteiger partial charge in [0.2, 0.25) is 0 Å². The highest BCUT2D eigenvalue weighted by molar-refractivity contribution is 4.97. The van der Waals surface area contributed by atoms with Crippen molar-refractivity contribution in [3.05, 3.63) is 0 Å². The summed E-state index contributed by atoms with van der Waals surface area (Å²) < 4.78 is 18.0. The molecule has 3 fully saturated rings.